The van der Waals surface area contributed by atoms with E-state index in [2.05, 4.69) is 0 Å². The van der Waals surface area contributed by atoms with E-state index < -0.39 is 10.8 Å². The third-order valence-corrected chi connectivity index (χ3v) is 3.80. The normalized spacial score (nSPS) is 10.6. The van der Waals surface area contributed by atoms with Gasteiger partial charge in [0.1, 0.15) is 12.5 Å². The Labute approximate surface area is 153 Å². The molecule has 0 unspecified atom stereocenters. The van der Waals surface area contributed by atoms with Crippen LogP contribution < -0.4 is 0 Å². The fourth-order valence-electron chi connectivity index (χ4n) is 1.55. The van der Waals surface area contributed by atoms with Gasteiger partial charge in [0.25, 0.3) is 0 Å². The molecule has 0 atom stereocenters. The first kappa shape index (κ1) is 19.7. The number of esters is 1. The molecule has 1 aromatic rings. The average Bonchev–Trinajstić information content (AvgIpc) is 2.47. The van der Waals surface area contributed by atoms with Gasteiger partial charge in [0.05, 0.1) is 6.54 Å². The number of hydrogen-bond donors (Lipinski definition) is 0. The van der Waals surface area contributed by atoms with Gasteiger partial charge >= 0.3 is 5.97 Å². The Hall–Kier alpha value is -0.390. The molecule has 0 aromatic heterocycles. The van der Waals surface area contributed by atoms with Crippen LogP contribution in [0.25, 0.3) is 0 Å². The van der Waals surface area contributed by atoms with Gasteiger partial charge in [-0.3, -0.25) is 4.79 Å². The predicted octanol–water partition coefficient (Wildman–Crippen LogP) is 3.91. The summed E-state index contributed by atoms with van der Waals surface area (Å²) >= 11 is 28.2. The summed E-state index contributed by atoms with van der Waals surface area (Å²) in [5.41, 5.74) is 0.698. The number of benzene rings is 1. The van der Waals surface area contributed by atoms with Crippen molar-refractivity contribution >= 4 is 69.9 Å². The second-order valence-corrected chi connectivity index (χ2v) is 6.36. The van der Waals surface area contributed by atoms with Crippen LogP contribution in [0, 0.1) is 0 Å². The lowest BCUT2D eigenvalue weighted by Crippen LogP contribution is -2.35. The lowest BCUT2D eigenvalue weighted by atomic mass is 10.2. The first-order valence-corrected chi connectivity index (χ1v) is 8.24. The highest BCUT2D eigenvalue weighted by Gasteiger charge is 2.17. The first-order valence-electron chi connectivity index (χ1n) is 6.07. The van der Waals surface area contributed by atoms with Gasteiger partial charge in [-0.2, -0.15) is 0 Å². The number of carbonyl (C=O) groups is 2. The number of nitrogens with zero attached hydrogens (tertiary/aromatic N) is 1. The maximum Gasteiger partial charge on any atom is 0.339 e. The highest BCUT2D eigenvalue weighted by molar-refractivity contribution is 6.52. The van der Waals surface area contributed by atoms with Crippen LogP contribution in [-0.4, -0.2) is 40.6 Å². The smallest absolute Gasteiger partial charge is 0.339 e. The van der Waals surface area contributed by atoms with E-state index in [0.717, 1.165) is 0 Å². The Morgan fingerprint density at radius 1 is 1.23 bits per heavy atom. The molecule has 22 heavy (non-hydrogen) atoms. The third kappa shape index (κ3) is 6.39. The van der Waals surface area contributed by atoms with E-state index in [9.17, 15) is 9.59 Å². The molecule has 0 saturated heterocycles. The quantitative estimate of drug-likeness (QED) is 0.509. The fourth-order valence-corrected chi connectivity index (χ4v) is 2.31. The van der Waals surface area contributed by atoms with Crippen molar-refractivity contribution in [2.45, 2.75) is 11.4 Å². The van der Waals surface area contributed by atoms with Gasteiger partial charge in [0.15, 0.2) is 0 Å². The van der Waals surface area contributed by atoms with Crippen LogP contribution >= 0.6 is 58.0 Å². The molecule has 1 rings (SSSR count). The van der Waals surface area contributed by atoms with Crippen LogP contribution in [0.3, 0.4) is 0 Å². The van der Waals surface area contributed by atoms with Crippen molar-refractivity contribution in [2.75, 3.05) is 19.0 Å². The molecule has 0 aliphatic rings. The van der Waals surface area contributed by atoms with Crippen LogP contribution in [0.5, 0.6) is 0 Å². The van der Waals surface area contributed by atoms with E-state index in [-0.39, 0.29) is 31.5 Å². The Balaban J connectivity index is 2.68. The number of amides is 1. The van der Waals surface area contributed by atoms with Gasteiger partial charge in [0.2, 0.25) is 10.7 Å². The standard InChI is InChI=1S/C13H12Cl5NO3/c14-6-11(20)19(3-4-22-13(21)12(17)18)7-8-1-2-9(15)5-10(8)16/h1-2,5,12H,3-4,6-7H2. The maximum absolute atomic E-state index is 11.8. The van der Waals surface area contributed by atoms with Crippen molar-refractivity contribution in [1.82, 2.24) is 4.90 Å². The van der Waals surface area contributed by atoms with Crippen molar-refractivity contribution in [3.63, 3.8) is 0 Å². The van der Waals surface area contributed by atoms with Gasteiger partial charge in [-0.25, -0.2) is 4.79 Å². The van der Waals surface area contributed by atoms with Gasteiger partial charge in [-0.05, 0) is 17.7 Å². The topological polar surface area (TPSA) is 46.6 Å². The lowest BCUT2D eigenvalue weighted by molar-refractivity contribution is -0.143. The van der Waals surface area contributed by atoms with Gasteiger partial charge < -0.3 is 9.64 Å². The molecular weight excluding hydrogens is 395 g/mol. The lowest BCUT2D eigenvalue weighted by Gasteiger charge is -2.22. The van der Waals surface area contributed by atoms with E-state index in [4.69, 9.17) is 62.7 Å². The van der Waals surface area contributed by atoms with Crippen molar-refractivity contribution in [2.24, 2.45) is 0 Å². The molecule has 9 heteroatoms. The molecular formula is C13H12Cl5NO3. The van der Waals surface area contributed by atoms with Crippen molar-refractivity contribution in [3.05, 3.63) is 33.8 Å². The number of hydrogen-bond acceptors (Lipinski definition) is 3. The minimum atomic E-state index is -1.26. The molecule has 122 valence electrons. The van der Waals surface area contributed by atoms with E-state index in [1.807, 2.05) is 0 Å². The molecule has 0 aliphatic heterocycles. The zero-order chi connectivity index (χ0) is 16.7. The summed E-state index contributed by atoms with van der Waals surface area (Å²) in [5.74, 6) is -1.30. The van der Waals surface area contributed by atoms with Crippen molar-refractivity contribution in [1.29, 1.82) is 0 Å². The molecule has 1 amide bonds. The molecule has 0 spiro atoms. The molecule has 0 radical (unpaired) electrons. The number of halogens is 5. The van der Waals surface area contributed by atoms with Crippen LogP contribution in [0.1, 0.15) is 5.56 Å². The zero-order valence-electron chi connectivity index (χ0n) is 11.2. The van der Waals surface area contributed by atoms with Crippen LogP contribution in [0.15, 0.2) is 18.2 Å². The summed E-state index contributed by atoms with van der Waals surface area (Å²) in [4.78, 5) is 23.1. The van der Waals surface area contributed by atoms with Gasteiger partial charge in [0, 0.05) is 16.6 Å². The molecule has 0 saturated carbocycles. The molecule has 4 nitrogen and oxygen atoms in total. The first-order chi connectivity index (χ1) is 10.3. The number of alkyl halides is 3. The van der Waals surface area contributed by atoms with Crippen molar-refractivity contribution < 1.29 is 14.3 Å². The Bertz CT molecular complexity index is 538. The van der Waals surface area contributed by atoms with Crippen LogP contribution in [0.4, 0.5) is 0 Å². The Kier molecular flexibility index (Phi) is 8.65. The predicted molar refractivity (Wildman–Crippen MR) is 89.1 cm³/mol. The summed E-state index contributed by atoms with van der Waals surface area (Å²) in [5, 5.41) is 0.923. The van der Waals surface area contributed by atoms with E-state index in [1.165, 1.54) is 4.90 Å². The van der Waals surface area contributed by atoms with E-state index >= 15 is 0 Å². The van der Waals surface area contributed by atoms with Crippen LogP contribution in [-0.2, 0) is 20.9 Å². The number of ether oxygens (including phenoxy) is 1. The molecule has 0 fully saturated rings. The highest BCUT2D eigenvalue weighted by atomic mass is 35.5. The summed E-state index contributed by atoms with van der Waals surface area (Å²) < 4.78 is 4.82. The largest absolute Gasteiger partial charge is 0.462 e. The minimum absolute atomic E-state index is 0.0530. The molecule has 0 heterocycles. The molecule has 0 aliphatic carbocycles. The van der Waals surface area contributed by atoms with Gasteiger partial charge in [-0.15, -0.1) is 11.6 Å². The van der Waals surface area contributed by atoms with E-state index in [0.29, 0.717) is 15.6 Å². The molecule has 1 aromatic carbocycles. The summed E-state index contributed by atoms with van der Waals surface area (Å²) in [6.45, 7) is 0.295. The second kappa shape index (κ2) is 9.68. The fraction of sp³-hybridized carbons (Fsp3) is 0.385. The Morgan fingerprint density at radius 2 is 1.91 bits per heavy atom. The van der Waals surface area contributed by atoms with Crippen molar-refractivity contribution in [3.8, 4) is 0 Å². The number of carbonyl (C=O) groups excluding carboxylic acids is 2. The SMILES string of the molecule is O=C(OCCN(Cc1ccc(Cl)cc1Cl)C(=O)CCl)C(Cl)Cl. The summed E-state index contributed by atoms with van der Waals surface area (Å²) in [6.07, 6.45) is 0. The second-order valence-electron chi connectivity index (χ2n) is 4.15. The highest BCUT2D eigenvalue weighted by Crippen LogP contribution is 2.22. The van der Waals surface area contributed by atoms with Crippen LogP contribution in [0.2, 0.25) is 10.0 Å². The minimum Gasteiger partial charge on any atom is -0.462 e. The Morgan fingerprint density at radius 3 is 2.45 bits per heavy atom. The summed E-state index contributed by atoms with van der Waals surface area (Å²) in [6, 6.07) is 4.95. The molecule has 0 bridgehead atoms. The molecule has 0 N–H and O–H groups in total. The zero-order valence-corrected chi connectivity index (χ0v) is 15.0. The maximum atomic E-state index is 11.8. The summed E-state index contributed by atoms with van der Waals surface area (Å²) in [7, 11) is 0. The third-order valence-electron chi connectivity index (χ3n) is 2.63. The van der Waals surface area contributed by atoms with Gasteiger partial charge in [-0.1, -0.05) is 52.5 Å². The number of rotatable bonds is 7. The average molecular weight is 408 g/mol. The van der Waals surface area contributed by atoms with E-state index in [1.54, 1.807) is 18.2 Å². The monoisotopic (exact) mass is 405 g/mol.